The molecular weight excluding hydrogens is 465 g/mol. The van der Waals surface area contributed by atoms with Gasteiger partial charge in [0.05, 0.1) is 7.11 Å². The van der Waals surface area contributed by atoms with E-state index in [2.05, 4.69) is 27.3 Å². The van der Waals surface area contributed by atoms with Crippen LogP contribution < -0.4 is 10.6 Å². The molecule has 1 aliphatic carbocycles. The third kappa shape index (κ3) is 10.7. The van der Waals surface area contributed by atoms with Gasteiger partial charge in [-0.25, -0.2) is 0 Å². The normalized spacial score (nSPS) is 21.4. The van der Waals surface area contributed by atoms with E-state index in [1.54, 1.807) is 0 Å². The maximum Gasteiger partial charge on any atom is 0.305 e. The lowest BCUT2D eigenvalue weighted by Crippen LogP contribution is -2.46. The summed E-state index contributed by atoms with van der Waals surface area (Å²) in [6.07, 6.45) is 7.54. The molecule has 3 unspecified atom stereocenters. The van der Waals surface area contributed by atoms with E-state index in [0.717, 1.165) is 69.7 Å². The predicted octanol–water partition coefficient (Wildman–Crippen LogP) is 2.97. The third-order valence-corrected chi connectivity index (χ3v) is 6.24. The Kier molecular flexibility index (Phi) is 15.4. The molecule has 0 heterocycles. The number of unbranched alkanes of at least 4 members (excludes halogenated alkanes) is 2. The molecule has 0 radical (unpaired) electrons. The molecular formula is C18H36IN3O3S. The molecule has 0 bridgehead atoms. The minimum Gasteiger partial charge on any atom is -0.469 e. The van der Waals surface area contributed by atoms with Crippen molar-refractivity contribution in [2.24, 2.45) is 4.99 Å². The first kappa shape index (κ1) is 25.6. The molecule has 1 saturated carbocycles. The summed E-state index contributed by atoms with van der Waals surface area (Å²) in [7, 11) is 0.719. The molecule has 26 heavy (non-hydrogen) atoms. The summed E-state index contributed by atoms with van der Waals surface area (Å²) in [5.41, 5.74) is 0. The highest BCUT2D eigenvalue weighted by Gasteiger charge is 2.25. The molecule has 0 aliphatic heterocycles. The maximum absolute atomic E-state index is 12.1. The minimum absolute atomic E-state index is 0. The van der Waals surface area contributed by atoms with Gasteiger partial charge < -0.3 is 15.4 Å². The van der Waals surface area contributed by atoms with E-state index >= 15 is 0 Å². The standard InChI is InChI=1S/C18H35N3O3S.HI/c1-4-19-18(20-13-8-6-7-12-17(22)24-3)21-15-10-9-11-16(14-15)25(23)5-2;/h15-16H,4-14H2,1-3H3,(H2,19,20,21);1H. The second kappa shape index (κ2) is 15.7. The summed E-state index contributed by atoms with van der Waals surface area (Å²) in [5.74, 6) is 1.45. The Labute approximate surface area is 178 Å². The van der Waals surface area contributed by atoms with Gasteiger partial charge >= 0.3 is 5.97 Å². The van der Waals surface area contributed by atoms with E-state index in [0.29, 0.717) is 17.7 Å². The molecule has 0 aromatic carbocycles. The zero-order chi connectivity index (χ0) is 18.5. The average molecular weight is 501 g/mol. The predicted molar refractivity (Wildman–Crippen MR) is 120 cm³/mol. The Morgan fingerprint density at radius 2 is 2.00 bits per heavy atom. The van der Waals surface area contributed by atoms with Crippen LogP contribution in [0.1, 0.15) is 65.2 Å². The number of methoxy groups -OCH3 is 1. The van der Waals surface area contributed by atoms with Crippen molar-refractivity contribution in [3.8, 4) is 0 Å². The van der Waals surface area contributed by atoms with Gasteiger partial charge in [-0.05, 0) is 39.0 Å². The summed E-state index contributed by atoms with van der Waals surface area (Å²) in [6, 6.07) is 0.353. The first-order valence-corrected chi connectivity index (χ1v) is 11.0. The molecule has 1 aliphatic rings. The van der Waals surface area contributed by atoms with Crippen molar-refractivity contribution >= 4 is 46.7 Å². The Hall–Kier alpha value is -0.380. The highest BCUT2D eigenvalue weighted by molar-refractivity contribution is 14.0. The minimum atomic E-state index is -0.705. The Morgan fingerprint density at radius 1 is 1.23 bits per heavy atom. The lowest BCUT2D eigenvalue weighted by Gasteiger charge is -2.30. The van der Waals surface area contributed by atoms with Gasteiger partial charge in [0.25, 0.3) is 0 Å². The van der Waals surface area contributed by atoms with Crippen LogP contribution in [0.2, 0.25) is 0 Å². The van der Waals surface area contributed by atoms with Crippen molar-refractivity contribution in [1.82, 2.24) is 10.6 Å². The fraction of sp³-hybridized carbons (Fsp3) is 0.889. The zero-order valence-electron chi connectivity index (χ0n) is 16.4. The summed E-state index contributed by atoms with van der Waals surface area (Å²) in [6.45, 7) is 5.63. The first-order valence-electron chi connectivity index (χ1n) is 9.59. The number of nitrogens with one attached hydrogen (secondary N) is 2. The Bertz CT molecular complexity index is 449. The van der Waals surface area contributed by atoms with Crippen molar-refractivity contribution in [2.75, 3.05) is 26.0 Å². The third-order valence-electron chi connectivity index (χ3n) is 4.50. The molecule has 0 saturated heterocycles. The van der Waals surface area contributed by atoms with Crippen LogP contribution in [0.3, 0.4) is 0 Å². The first-order chi connectivity index (χ1) is 12.1. The van der Waals surface area contributed by atoms with Crippen molar-refractivity contribution in [1.29, 1.82) is 0 Å². The van der Waals surface area contributed by atoms with Gasteiger partial charge in [0.15, 0.2) is 5.96 Å². The Balaban J connectivity index is 0.00000625. The fourth-order valence-electron chi connectivity index (χ4n) is 3.11. The second-order valence-electron chi connectivity index (χ2n) is 6.45. The second-order valence-corrected chi connectivity index (χ2v) is 8.45. The van der Waals surface area contributed by atoms with E-state index < -0.39 is 10.8 Å². The smallest absolute Gasteiger partial charge is 0.305 e. The van der Waals surface area contributed by atoms with Crippen molar-refractivity contribution in [3.63, 3.8) is 0 Å². The molecule has 0 aromatic heterocycles. The number of rotatable bonds is 10. The number of esters is 1. The van der Waals surface area contributed by atoms with Gasteiger partial charge in [0.2, 0.25) is 0 Å². The number of aliphatic imine (C=N–C) groups is 1. The van der Waals surface area contributed by atoms with E-state index in [-0.39, 0.29) is 29.9 Å². The lowest BCUT2D eigenvalue weighted by atomic mass is 9.95. The number of guanidine groups is 1. The van der Waals surface area contributed by atoms with E-state index in [9.17, 15) is 9.00 Å². The molecule has 154 valence electrons. The molecule has 1 rings (SSSR count). The van der Waals surface area contributed by atoms with Gasteiger partial charge in [-0.2, -0.15) is 0 Å². The van der Waals surface area contributed by atoms with Gasteiger partial charge in [-0.15, -0.1) is 24.0 Å². The molecule has 3 atom stereocenters. The van der Waals surface area contributed by atoms with Crippen LogP contribution in [0.4, 0.5) is 0 Å². The molecule has 1 fully saturated rings. The van der Waals surface area contributed by atoms with Crippen LogP contribution in [-0.4, -0.2) is 53.4 Å². The fourth-order valence-corrected chi connectivity index (χ4v) is 4.46. The number of ether oxygens (including phenoxy) is 1. The average Bonchev–Trinajstić information content (AvgIpc) is 2.63. The highest BCUT2D eigenvalue weighted by Crippen LogP contribution is 2.22. The summed E-state index contributed by atoms with van der Waals surface area (Å²) in [4.78, 5) is 15.7. The highest BCUT2D eigenvalue weighted by atomic mass is 127. The summed E-state index contributed by atoms with van der Waals surface area (Å²) in [5, 5.41) is 7.13. The number of carbonyl (C=O) groups is 1. The molecule has 0 spiro atoms. The molecule has 6 nitrogen and oxygen atoms in total. The number of nitrogens with zero attached hydrogens (tertiary/aromatic N) is 1. The molecule has 0 aromatic rings. The number of hydrogen-bond donors (Lipinski definition) is 2. The topological polar surface area (TPSA) is 79.8 Å². The molecule has 8 heteroatoms. The van der Waals surface area contributed by atoms with E-state index in [4.69, 9.17) is 0 Å². The van der Waals surface area contributed by atoms with Crippen LogP contribution in [-0.2, 0) is 20.3 Å². The van der Waals surface area contributed by atoms with Crippen molar-refractivity contribution in [3.05, 3.63) is 0 Å². The zero-order valence-corrected chi connectivity index (χ0v) is 19.6. The molecule has 0 amide bonds. The van der Waals surface area contributed by atoms with Gasteiger partial charge in [0.1, 0.15) is 0 Å². The SMILES string of the molecule is CCNC(=NCCCCCC(=O)OC)NC1CCCC(S(=O)CC)C1.I. The van der Waals surface area contributed by atoms with Crippen molar-refractivity contribution in [2.45, 2.75) is 76.5 Å². The summed E-state index contributed by atoms with van der Waals surface area (Å²) >= 11 is 0. The number of hydrogen-bond acceptors (Lipinski definition) is 4. The van der Waals surface area contributed by atoms with Crippen molar-refractivity contribution < 1.29 is 13.7 Å². The van der Waals surface area contributed by atoms with E-state index in [1.807, 2.05) is 6.92 Å². The largest absolute Gasteiger partial charge is 0.469 e. The molecule has 2 N–H and O–H groups in total. The quantitative estimate of drug-likeness (QED) is 0.158. The van der Waals surface area contributed by atoms with Crippen LogP contribution in [0.25, 0.3) is 0 Å². The maximum atomic E-state index is 12.1. The van der Waals surface area contributed by atoms with Gasteiger partial charge in [-0.1, -0.05) is 19.8 Å². The van der Waals surface area contributed by atoms with Crippen LogP contribution in [0, 0.1) is 0 Å². The number of halogens is 1. The van der Waals surface area contributed by atoms with Crippen LogP contribution in [0.15, 0.2) is 4.99 Å². The van der Waals surface area contributed by atoms with Gasteiger partial charge in [-0.3, -0.25) is 14.0 Å². The monoisotopic (exact) mass is 501 g/mol. The summed E-state index contributed by atoms with van der Waals surface area (Å²) < 4.78 is 16.7. The number of carbonyl (C=O) groups excluding carboxylic acids is 1. The van der Waals surface area contributed by atoms with Gasteiger partial charge in [0, 0.05) is 47.4 Å². The van der Waals surface area contributed by atoms with E-state index in [1.165, 1.54) is 7.11 Å². The van der Waals surface area contributed by atoms with Crippen LogP contribution >= 0.6 is 24.0 Å². The Morgan fingerprint density at radius 3 is 2.65 bits per heavy atom. The lowest BCUT2D eigenvalue weighted by molar-refractivity contribution is -0.140. The van der Waals surface area contributed by atoms with Crippen LogP contribution in [0.5, 0.6) is 0 Å².